The first-order valence-electron chi connectivity index (χ1n) is 10.8. The maximum Gasteiger partial charge on any atom is 0.259 e. The monoisotopic (exact) mass is 445 g/mol. The minimum atomic E-state index is -0.711. The summed E-state index contributed by atoms with van der Waals surface area (Å²) in [6, 6.07) is 6.77. The maximum absolute atomic E-state index is 13.9. The summed E-state index contributed by atoms with van der Waals surface area (Å²) in [7, 11) is 3.06. The highest BCUT2D eigenvalue weighted by molar-refractivity contribution is 6.14. The number of nitrogens with one attached hydrogen (secondary N) is 1. The highest BCUT2D eigenvalue weighted by Crippen LogP contribution is 2.37. The number of H-pyrrole nitrogens is 1. The quantitative estimate of drug-likeness (QED) is 0.473. The predicted octanol–water partition coefficient (Wildman–Crippen LogP) is 2.98. The van der Waals surface area contributed by atoms with Gasteiger partial charge in [0.15, 0.2) is 11.5 Å². The Morgan fingerprint density at radius 1 is 1.21 bits per heavy atom. The number of fused-ring (bicyclic) bond motifs is 5. The number of amides is 1. The third-order valence-electron chi connectivity index (χ3n) is 6.42. The molecule has 5 rings (SSSR count). The Morgan fingerprint density at radius 2 is 1.91 bits per heavy atom. The molecule has 1 atom stereocenters. The normalized spacial score (nSPS) is 14.9. The zero-order chi connectivity index (χ0) is 23.3. The van der Waals surface area contributed by atoms with Crippen LogP contribution in [0.1, 0.15) is 19.4 Å². The molecule has 0 radical (unpaired) electrons. The van der Waals surface area contributed by atoms with E-state index in [1.807, 2.05) is 13.0 Å². The third-order valence-corrected chi connectivity index (χ3v) is 6.42. The summed E-state index contributed by atoms with van der Waals surface area (Å²) in [6.45, 7) is 2.66. The van der Waals surface area contributed by atoms with E-state index in [9.17, 15) is 9.59 Å². The molecule has 0 saturated carbocycles. The van der Waals surface area contributed by atoms with E-state index in [2.05, 4.69) is 16.0 Å². The van der Waals surface area contributed by atoms with Crippen molar-refractivity contribution >= 4 is 38.6 Å². The maximum atomic E-state index is 13.9. The van der Waals surface area contributed by atoms with Gasteiger partial charge in [-0.05, 0) is 24.6 Å². The van der Waals surface area contributed by atoms with Crippen LogP contribution in [0.3, 0.4) is 0 Å². The number of carbonyl (C=O) groups excluding carboxylic acids is 1. The van der Waals surface area contributed by atoms with Crippen molar-refractivity contribution in [2.75, 3.05) is 27.3 Å². The predicted molar refractivity (Wildman–Crippen MR) is 123 cm³/mol. The standard InChI is InChI=1S/C24H23N5O4/c1-4-18(24(31)28-11-13(9-25)12-28)29-21-14-5-6-26-22(14)27-10-17(21)15-7-19(32-2)20(33-3)8-16(15)23(29)30/h5-8,10,13,18H,4,11-12H2,1-3H3,(H,26,27)/t18-/m1/s1. The summed E-state index contributed by atoms with van der Waals surface area (Å²) in [6.07, 6.45) is 3.90. The van der Waals surface area contributed by atoms with E-state index >= 15 is 0 Å². The molecule has 1 aliphatic rings. The van der Waals surface area contributed by atoms with Crippen molar-refractivity contribution in [3.05, 3.63) is 40.9 Å². The number of carbonyl (C=O) groups is 1. The Bertz CT molecular complexity index is 1510. The second-order valence-corrected chi connectivity index (χ2v) is 8.18. The van der Waals surface area contributed by atoms with E-state index in [0.29, 0.717) is 52.9 Å². The first-order chi connectivity index (χ1) is 16.0. The van der Waals surface area contributed by atoms with Crippen molar-refractivity contribution in [3.8, 4) is 17.6 Å². The molecule has 0 bridgehead atoms. The van der Waals surface area contributed by atoms with Gasteiger partial charge >= 0.3 is 0 Å². The van der Waals surface area contributed by atoms with Gasteiger partial charge in [-0.25, -0.2) is 4.98 Å². The largest absolute Gasteiger partial charge is 0.493 e. The number of nitriles is 1. The minimum absolute atomic E-state index is 0.158. The molecule has 33 heavy (non-hydrogen) atoms. The van der Waals surface area contributed by atoms with Crippen molar-refractivity contribution in [3.63, 3.8) is 0 Å². The molecule has 1 N–H and O–H groups in total. The zero-order valence-corrected chi connectivity index (χ0v) is 18.6. The first-order valence-corrected chi connectivity index (χ1v) is 10.8. The average Bonchev–Trinajstić information content (AvgIpc) is 3.29. The molecule has 1 aliphatic heterocycles. The number of hydrogen-bond acceptors (Lipinski definition) is 6. The minimum Gasteiger partial charge on any atom is -0.493 e. The lowest BCUT2D eigenvalue weighted by atomic mass is 9.99. The van der Waals surface area contributed by atoms with Crippen molar-refractivity contribution in [2.24, 2.45) is 5.92 Å². The second-order valence-electron chi connectivity index (χ2n) is 8.18. The molecule has 4 heterocycles. The number of methoxy groups -OCH3 is 2. The highest BCUT2D eigenvalue weighted by atomic mass is 16.5. The molecule has 1 fully saturated rings. The number of nitrogens with zero attached hydrogens (tertiary/aromatic N) is 4. The van der Waals surface area contributed by atoms with Crippen molar-refractivity contribution < 1.29 is 14.3 Å². The molecule has 9 heteroatoms. The second kappa shape index (κ2) is 7.81. The Morgan fingerprint density at radius 3 is 2.55 bits per heavy atom. The van der Waals surface area contributed by atoms with E-state index in [4.69, 9.17) is 14.7 Å². The fourth-order valence-corrected chi connectivity index (χ4v) is 4.68. The lowest BCUT2D eigenvalue weighted by Gasteiger charge is -2.38. The molecule has 1 aromatic carbocycles. The molecular formula is C24H23N5O4. The van der Waals surface area contributed by atoms with Gasteiger partial charge in [0.1, 0.15) is 11.7 Å². The third kappa shape index (κ3) is 3.02. The molecule has 9 nitrogen and oxygen atoms in total. The van der Waals surface area contributed by atoms with Crippen LogP contribution in [0.2, 0.25) is 0 Å². The van der Waals surface area contributed by atoms with E-state index < -0.39 is 6.04 Å². The van der Waals surface area contributed by atoms with Gasteiger partial charge in [-0.1, -0.05) is 6.92 Å². The number of likely N-dealkylation sites (tertiary alicyclic amines) is 1. The summed E-state index contributed by atoms with van der Waals surface area (Å²) in [5, 5.41) is 11.7. The summed E-state index contributed by atoms with van der Waals surface area (Å²) in [4.78, 5) is 36.6. The van der Waals surface area contributed by atoms with E-state index in [-0.39, 0.29) is 17.4 Å². The molecule has 168 valence electrons. The summed E-state index contributed by atoms with van der Waals surface area (Å²) >= 11 is 0. The summed E-state index contributed by atoms with van der Waals surface area (Å²) in [5.41, 5.74) is 0.986. The summed E-state index contributed by atoms with van der Waals surface area (Å²) in [5.74, 6) is 0.619. The van der Waals surface area contributed by atoms with Gasteiger partial charge in [0.05, 0.1) is 37.1 Å². The van der Waals surface area contributed by atoms with Gasteiger partial charge in [-0.2, -0.15) is 5.26 Å². The Kier molecular flexibility index (Phi) is 4.93. The SMILES string of the molecule is CC[C@H](C(=O)N1CC(C#N)C1)n1c(=O)c2cc(OC)c(OC)cc2c2cnc3[nH]ccc3c21. The topological polar surface area (TPSA) is 113 Å². The smallest absolute Gasteiger partial charge is 0.259 e. The van der Waals surface area contributed by atoms with Crippen LogP contribution < -0.4 is 15.0 Å². The molecule has 0 spiro atoms. The number of rotatable bonds is 5. The lowest BCUT2D eigenvalue weighted by molar-refractivity contribution is -0.140. The number of pyridine rings is 2. The lowest BCUT2D eigenvalue weighted by Crippen LogP contribution is -2.52. The molecule has 0 aliphatic carbocycles. The fraction of sp³-hybridized carbons (Fsp3) is 0.333. The Hall–Kier alpha value is -4.06. The van der Waals surface area contributed by atoms with Crippen LogP contribution in [-0.4, -0.2) is 52.7 Å². The number of benzene rings is 1. The number of ether oxygens (including phenoxy) is 2. The Balaban J connectivity index is 1.85. The van der Waals surface area contributed by atoms with Crippen LogP contribution in [-0.2, 0) is 4.79 Å². The van der Waals surface area contributed by atoms with Crippen molar-refractivity contribution in [1.29, 1.82) is 5.26 Å². The van der Waals surface area contributed by atoms with Crippen LogP contribution in [0.5, 0.6) is 11.5 Å². The molecule has 3 aromatic heterocycles. The number of hydrogen-bond donors (Lipinski definition) is 1. The zero-order valence-electron chi connectivity index (χ0n) is 18.6. The first kappa shape index (κ1) is 20.8. The van der Waals surface area contributed by atoms with Crippen LogP contribution in [0.4, 0.5) is 0 Å². The number of aromatic amines is 1. The van der Waals surface area contributed by atoms with E-state index in [1.54, 1.807) is 41.1 Å². The molecule has 1 amide bonds. The van der Waals surface area contributed by atoms with Crippen LogP contribution in [0, 0.1) is 17.2 Å². The molecule has 0 unspecified atom stereocenters. The number of aromatic nitrogens is 3. The van der Waals surface area contributed by atoms with Gasteiger partial charge in [0, 0.05) is 41.6 Å². The average molecular weight is 445 g/mol. The van der Waals surface area contributed by atoms with Gasteiger partial charge in [0.2, 0.25) is 5.91 Å². The van der Waals surface area contributed by atoms with Crippen LogP contribution in [0.15, 0.2) is 35.4 Å². The van der Waals surface area contributed by atoms with Gasteiger partial charge in [-0.15, -0.1) is 0 Å². The van der Waals surface area contributed by atoms with Gasteiger partial charge in [0.25, 0.3) is 5.56 Å². The van der Waals surface area contributed by atoms with Gasteiger partial charge in [-0.3, -0.25) is 14.2 Å². The highest BCUT2D eigenvalue weighted by Gasteiger charge is 2.36. The van der Waals surface area contributed by atoms with Crippen molar-refractivity contribution in [1.82, 2.24) is 19.4 Å². The van der Waals surface area contributed by atoms with E-state index in [0.717, 1.165) is 10.8 Å². The Labute approximate surface area is 189 Å². The van der Waals surface area contributed by atoms with E-state index in [1.165, 1.54) is 7.11 Å². The molecule has 4 aromatic rings. The summed E-state index contributed by atoms with van der Waals surface area (Å²) < 4.78 is 12.5. The molecule has 1 saturated heterocycles. The molecular weight excluding hydrogens is 422 g/mol. The van der Waals surface area contributed by atoms with Crippen LogP contribution >= 0.6 is 0 Å². The van der Waals surface area contributed by atoms with Crippen LogP contribution in [0.25, 0.3) is 32.7 Å². The van der Waals surface area contributed by atoms with Crippen molar-refractivity contribution in [2.45, 2.75) is 19.4 Å². The van der Waals surface area contributed by atoms with Gasteiger partial charge < -0.3 is 19.4 Å². The fourth-order valence-electron chi connectivity index (χ4n) is 4.68.